The van der Waals surface area contributed by atoms with Crippen molar-refractivity contribution < 1.29 is 20.1 Å². The van der Waals surface area contributed by atoms with Crippen molar-refractivity contribution in [3.05, 3.63) is 12.2 Å². The van der Waals surface area contributed by atoms with Gasteiger partial charge in [-0.2, -0.15) is 0 Å². The number of carboxylic acid groups (broad SMARTS) is 1. The molecule has 0 aromatic heterocycles. The van der Waals surface area contributed by atoms with Crippen LogP contribution in [-0.2, 0) is 4.79 Å². The molecule has 2 aliphatic carbocycles. The maximum absolute atomic E-state index is 10.9. The number of aliphatic hydroxyl groups excluding tert-OH is 1. The number of allylic oxidation sites excluding steroid dienone is 2. The first kappa shape index (κ1) is 8.72. The van der Waals surface area contributed by atoms with Gasteiger partial charge in [0.1, 0.15) is 0 Å². The standard InChI is InChI=1S/C9H12O4/c10-8(11)6-4-1-2-5(3-4)7(6)9(12)13/h1-2,4-8,10-11H,3H2,(H,12,13). The normalized spacial score (nSPS) is 41.8. The van der Waals surface area contributed by atoms with Crippen LogP contribution in [0.1, 0.15) is 6.42 Å². The van der Waals surface area contributed by atoms with Crippen LogP contribution >= 0.6 is 0 Å². The van der Waals surface area contributed by atoms with Crippen LogP contribution < -0.4 is 0 Å². The molecular formula is C9H12O4. The summed E-state index contributed by atoms with van der Waals surface area (Å²) in [4.78, 5) is 10.9. The fourth-order valence-corrected chi connectivity index (χ4v) is 2.61. The van der Waals surface area contributed by atoms with Gasteiger partial charge in [-0.15, -0.1) is 0 Å². The Bertz CT molecular complexity index is 258. The van der Waals surface area contributed by atoms with Gasteiger partial charge in [-0.3, -0.25) is 4.79 Å². The van der Waals surface area contributed by atoms with E-state index in [0.717, 1.165) is 6.42 Å². The quantitative estimate of drug-likeness (QED) is 0.411. The van der Waals surface area contributed by atoms with Crippen LogP contribution in [0, 0.1) is 23.7 Å². The van der Waals surface area contributed by atoms with E-state index in [-0.39, 0.29) is 11.8 Å². The molecule has 0 aliphatic heterocycles. The number of aliphatic carboxylic acids is 1. The Hall–Kier alpha value is -0.870. The van der Waals surface area contributed by atoms with Crippen LogP contribution in [0.15, 0.2) is 12.2 Å². The molecule has 2 bridgehead atoms. The van der Waals surface area contributed by atoms with Crippen molar-refractivity contribution in [3.8, 4) is 0 Å². The third kappa shape index (κ3) is 1.17. The summed E-state index contributed by atoms with van der Waals surface area (Å²) in [5, 5.41) is 27.0. The lowest BCUT2D eigenvalue weighted by atomic mass is 9.83. The van der Waals surface area contributed by atoms with Gasteiger partial charge < -0.3 is 15.3 Å². The molecule has 0 radical (unpaired) electrons. The number of fused-ring (bicyclic) bond motifs is 2. The van der Waals surface area contributed by atoms with E-state index in [1.807, 2.05) is 12.2 Å². The summed E-state index contributed by atoms with van der Waals surface area (Å²) >= 11 is 0. The van der Waals surface area contributed by atoms with Crippen molar-refractivity contribution in [3.63, 3.8) is 0 Å². The first-order chi connectivity index (χ1) is 6.11. The van der Waals surface area contributed by atoms with E-state index < -0.39 is 24.1 Å². The molecule has 4 heteroatoms. The fraction of sp³-hybridized carbons (Fsp3) is 0.667. The Kier molecular flexibility index (Phi) is 1.89. The summed E-state index contributed by atoms with van der Waals surface area (Å²) < 4.78 is 0. The van der Waals surface area contributed by atoms with Gasteiger partial charge in [0, 0.05) is 5.92 Å². The lowest BCUT2D eigenvalue weighted by molar-refractivity contribution is -0.155. The molecule has 72 valence electrons. The predicted molar refractivity (Wildman–Crippen MR) is 43.6 cm³/mol. The van der Waals surface area contributed by atoms with Crippen LogP contribution in [0.2, 0.25) is 0 Å². The number of hydrogen-bond acceptors (Lipinski definition) is 3. The largest absolute Gasteiger partial charge is 0.481 e. The van der Waals surface area contributed by atoms with Crippen molar-refractivity contribution in [2.75, 3.05) is 0 Å². The van der Waals surface area contributed by atoms with E-state index in [0.29, 0.717) is 0 Å². The van der Waals surface area contributed by atoms with Gasteiger partial charge in [0.15, 0.2) is 6.29 Å². The Balaban J connectivity index is 2.25. The number of carboxylic acids is 1. The second kappa shape index (κ2) is 2.82. The topological polar surface area (TPSA) is 77.8 Å². The maximum atomic E-state index is 10.9. The van der Waals surface area contributed by atoms with Crippen LogP contribution in [-0.4, -0.2) is 27.6 Å². The molecule has 4 unspecified atom stereocenters. The third-order valence-electron chi connectivity index (χ3n) is 3.15. The van der Waals surface area contributed by atoms with Gasteiger partial charge in [0.05, 0.1) is 5.92 Å². The van der Waals surface area contributed by atoms with Crippen molar-refractivity contribution in [2.45, 2.75) is 12.7 Å². The highest BCUT2D eigenvalue weighted by atomic mass is 16.5. The van der Waals surface area contributed by atoms with Crippen molar-refractivity contribution in [1.29, 1.82) is 0 Å². The summed E-state index contributed by atoms with van der Waals surface area (Å²) in [6.45, 7) is 0. The lowest BCUT2D eigenvalue weighted by Gasteiger charge is -2.25. The molecule has 2 rings (SSSR count). The van der Waals surface area contributed by atoms with Gasteiger partial charge in [-0.1, -0.05) is 12.2 Å². The Morgan fingerprint density at radius 3 is 2.38 bits per heavy atom. The number of aliphatic hydroxyl groups is 2. The minimum atomic E-state index is -1.51. The molecule has 1 fully saturated rings. The third-order valence-corrected chi connectivity index (χ3v) is 3.15. The Labute approximate surface area is 75.5 Å². The SMILES string of the molecule is O=C(O)C1C2C=CC(C2)C1C(O)O. The molecule has 4 atom stereocenters. The zero-order valence-electron chi connectivity index (χ0n) is 7.00. The Morgan fingerprint density at radius 1 is 1.31 bits per heavy atom. The van der Waals surface area contributed by atoms with Crippen LogP contribution in [0.4, 0.5) is 0 Å². The summed E-state index contributed by atoms with van der Waals surface area (Å²) in [5.74, 6) is -2.03. The minimum absolute atomic E-state index is 0.00528. The predicted octanol–water partition coefficient (Wildman–Crippen LogP) is -0.180. The molecule has 0 heterocycles. The van der Waals surface area contributed by atoms with E-state index in [9.17, 15) is 4.79 Å². The number of rotatable bonds is 2. The first-order valence-corrected chi connectivity index (χ1v) is 4.38. The first-order valence-electron chi connectivity index (χ1n) is 4.38. The fourth-order valence-electron chi connectivity index (χ4n) is 2.61. The van der Waals surface area contributed by atoms with Gasteiger partial charge in [0.25, 0.3) is 0 Å². The highest BCUT2D eigenvalue weighted by Gasteiger charge is 2.50. The van der Waals surface area contributed by atoms with Crippen molar-refractivity contribution >= 4 is 5.97 Å². The molecular weight excluding hydrogens is 172 g/mol. The molecule has 0 aromatic carbocycles. The van der Waals surface area contributed by atoms with E-state index in [1.54, 1.807) is 0 Å². The van der Waals surface area contributed by atoms with E-state index >= 15 is 0 Å². The summed E-state index contributed by atoms with van der Waals surface area (Å²) in [5.41, 5.74) is 0. The summed E-state index contributed by atoms with van der Waals surface area (Å²) in [6, 6.07) is 0. The molecule has 0 spiro atoms. The smallest absolute Gasteiger partial charge is 0.307 e. The Morgan fingerprint density at radius 2 is 1.92 bits per heavy atom. The average Bonchev–Trinajstić information content (AvgIpc) is 2.60. The molecule has 4 nitrogen and oxygen atoms in total. The monoisotopic (exact) mass is 184 g/mol. The summed E-state index contributed by atoms with van der Waals surface area (Å²) in [6.07, 6.45) is 3.01. The lowest BCUT2D eigenvalue weighted by Crippen LogP contribution is -2.35. The van der Waals surface area contributed by atoms with Crippen molar-refractivity contribution in [2.24, 2.45) is 23.7 Å². The van der Waals surface area contributed by atoms with Crippen LogP contribution in [0.5, 0.6) is 0 Å². The van der Waals surface area contributed by atoms with Gasteiger partial charge in [-0.25, -0.2) is 0 Å². The second-order valence-electron chi connectivity index (χ2n) is 3.80. The molecule has 0 saturated heterocycles. The number of hydrogen-bond donors (Lipinski definition) is 3. The average molecular weight is 184 g/mol. The minimum Gasteiger partial charge on any atom is -0.481 e. The maximum Gasteiger partial charge on any atom is 0.307 e. The highest BCUT2D eigenvalue weighted by molar-refractivity contribution is 5.72. The van der Waals surface area contributed by atoms with Gasteiger partial charge >= 0.3 is 5.97 Å². The zero-order valence-corrected chi connectivity index (χ0v) is 7.00. The van der Waals surface area contributed by atoms with Gasteiger partial charge in [-0.05, 0) is 18.3 Å². The number of carbonyl (C=O) groups is 1. The van der Waals surface area contributed by atoms with E-state index in [2.05, 4.69) is 0 Å². The molecule has 1 saturated carbocycles. The molecule has 3 N–H and O–H groups in total. The van der Waals surface area contributed by atoms with Gasteiger partial charge in [0.2, 0.25) is 0 Å². The molecule has 2 aliphatic rings. The molecule has 13 heavy (non-hydrogen) atoms. The zero-order chi connectivity index (χ0) is 9.59. The summed E-state index contributed by atoms with van der Waals surface area (Å²) in [7, 11) is 0. The second-order valence-corrected chi connectivity index (χ2v) is 3.80. The highest BCUT2D eigenvalue weighted by Crippen LogP contribution is 2.48. The van der Waals surface area contributed by atoms with Crippen LogP contribution in [0.3, 0.4) is 0 Å². The van der Waals surface area contributed by atoms with E-state index in [1.165, 1.54) is 0 Å². The molecule has 0 amide bonds. The van der Waals surface area contributed by atoms with Crippen molar-refractivity contribution in [1.82, 2.24) is 0 Å². The van der Waals surface area contributed by atoms with Crippen LogP contribution in [0.25, 0.3) is 0 Å². The molecule has 0 aromatic rings. The van der Waals surface area contributed by atoms with E-state index in [4.69, 9.17) is 15.3 Å².